The Morgan fingerprint density at radius 1 is 1.25 bits per heavy atom. The molecule has 0 saturated carbocycles. The van der Waals surface area contributed by atoms with Gasteiger partial charge in [0.05, 0.1) is 0 Å². The van der Waals surface area contributed by atoms with Gasteiger partial charge < -0.3 is 15.1 Å². The van der Waals surface area contributed by atoms with Gasteiger partial charge in [-0.25, -0.2) is 0 Å². The Labute approximate surface area is 125 Å². The van der Waals surface area contributed by atoms with Crippen molar-refractivity contribution in [3.05, 3.63) is 5.28 Å². The Hall–Kier alpha value is -1.14. The van der Waals surface area contributed by atoms with E-state index in [1.807, 2.05) is 6.92 Å². The van der Waals surface area contributed by atoms with Crippen molar-refractivity contribution in [2.45, 2.75) is 19.8 Å². The summed E-state index contributed by atoms with van der Waals surface area (Å²) in [6, 6.07) is 0. The van der Waals surface area contributed by atoms with Crippen LogP contribution >= 0.6 is 11.6 Å². The Morgan fingerprint density at radius 3 is 2.55 bits per heavy atom. The smallest absolute Gasteiger partial charge is 0.231 e. The molecule has 20 heavy (non-hydrogen) atoms. The molecule has 0 unspecified atom stereocenters. The number of anilines is 2. The zero-order valence-corrected chi connectivity index (χ0v) is 13.2. The average Bonchev–Trinajstić information content (AvgIpc) is 2.38. The zero-order valence-electron chi connectivity index (χ0n) is 12.4. The molecule has 1 saturated heterocycles. The minimum Gasteiger partial charge on any atom is -0.354 e. The number of aromatic nitrogens is 3. The van der Waals surface area contributed by atoms with Crippen LogP contribution in [0.25, 0.3) is 0 Å². The molecule has 2 rings (SSSR count). The summed E-state index contributed by atoms with van der Waals surface area (Å²) in [5, 5.41) is 3.33. The highest BCUT2D eigenvalue weighted by Gasteiger charge is 2.22. The predicted molar refractivity (Wildman–Crippen MR) is 82.5 cm³/mol. The molecule has 1 aromatic heterocycles. The molecule has 0 bridgehead atoms. The van der Waals surface area contributed by atoms with Gasteiger partial charge in [0.15, 0.2) is 0 Å². The molecule has 1 aliphatic heterocycles. The molecule has 112 valence electrons. The first-order chi connectivity index (χ1) is 9.58. The fourth-order valence-electron chi connectivity index (χ4n) is 2.55. The van der Waals surface area contributed by atoms with Gasteiger partial charge in [0, 0.05) is 26.2 Å². The van der Waals surface area contributed by atoms with Crippen LogP contribution in [0, 0.1) is 5.92 Å². The fourth-order valence-corrected chi connectivity index (χ4v) is 2.71. The Morgan fingerprint density at radius 2 is 1.95 bits per heavy atom. The molecule has 7 heteroatoms. The topological polar surface area (TPSA) is 57.2 Å². The molecule has 1 aromatic rings. The molecule has 2 heterocycles. The first-order valence-corrected chi connectivity index (χ1v) is 7.51. The SMILES string of the molecule is CCNc1nc(Cl)nc(N2CCC(CN(C)C)CC2)n1. The first-order valence-electron chi connectivity index (χ1n) is 7.13. The van der Waals surface area contributed by atoms with E-state index in [0.717, 1.165) is 44.9 Å². The molecular formula is C13H23ClN6. The van der Waals surface area contributed by atoms with Crippen molar-refractivity contribution < 1.29 is 0 Å². The monoisotopic (exact) mass is 298 g/mol. The summed E-state index contributed by atoms with van der Waals surface area (Å²) in [5.41, 5.74) is 0. The standard InChI is InChI=1S/C13H23ClN6/c1-4-15-12-16-11(14)17-13(18-12)20-7-5-10(6-8-20)9-19(2)3/h10H,4-9H2,1-3H3,(H,15,16,17,18). The minimum atomic E-state index is 0.251. The number of nitrogens with one attached hydrogen (secondary N) is 1. The van der Waals surface area contributed by atoms with E-state index in [1.54, 1.807) is 0 Å². The maximum Gasteiger partial charge on any atom is 0.231 e. The highest BCUT2D eigenvalue weighted by Crippen LogP contribution is 2.22. The van der Waals surface area contributed by atoms with E-state index in [0.29, 0.717) is 11.9 Å². The molecule has 6 nitrogen and oxygen atoms in total. The van der Waals surface area contributed by atoms with E-state index in [1.165, 1.54) is 0 Å². The molecule has 0 atom stereocenters. The molecule has 1 fully saturated rings. The third-order valence-corrected chi connectivity index (χ3v) is 3.62. The van der Waals surface area contributed by atoms with Crippen LogP contribution in [0.15, 0.2) is 0 Å². The Balaban J connectivity index is 1.99. The van der Waals surface area contributed by atoms with Gasteiger partial charge in [0.2, 0.25) is 17.2 Å². The van der Waals surface area contributed by atoms with Crippen LogP contribution in [0.5, 0.6) is 0 Å². The summed E-state index contributed by atoms with van der Waals surface area (Å²) >= 11 is 5.97. The van der Waals surface area contributed by atoms with Crippen LogP contribution in [0.3, 0.4) is 0 Å². The normalized spacial score (nSPS) is 16.8. The van der Waals surface area contributed by atoms with Crippen LogP contribution in [-0.4, -0.2) is 60.1 Å². The summed E-state index contributed by atoms with van der Waals surface area (Å²) in [6.07, 6.45) is 2.33. The third-order valence-electron chi connectivity index (χ3n) is 3.45. The summed E-state index contributed by atoms with van der Waals surface area (Å²) < 4.78 is 0. The molecule has 0 radical (unpaired) electrons. The second-order valence-corrected chi connectivity index (χ2v) is 5.79. The number of rotatable bonds is 5. The maximum atomic E-state index is 5.97. The van der Waals surface area contributed by atoms with E-state index in [-0.39, 0.29) is 5.28 Å². The lowest BCUT2D eigenvalue weighted by atomic mass is 9.97. The maximum absolute atomic E-state index is 5.97. The first kappa shape index (κ1) is 15.3. The average molecular weight is 299 g/mol. The molecule has 0 aliphatic carbocycles. The van der Waals surface area contributed by atoms with Gasteiger partial charge in [-0.05, 0) is 51.4 Å². The quantitative estimate of drug-likeness (QED) is 0.893. The molecule has 0 aromatic carbocycles. The van der Waals surface area contributed by atoms with Crippen LogP contribution in [0.1, 0.15) is 19.8 Å². The van der Waals surface area contributed by atoms with E-state index < -0.39 is 0 Å². The van der Waals surface area contributed by atoms with E-state index in [2.05, 4.69) is 44.2 Å². The van der Waals surface area contributed by atoms with E-state index in [4.69, 9.17) is 11.6 Å². The summed E-state index contributed by atoms with van der Waals surface area (Å²) in [7, 11) is 4.25. The predicted octanol–water partition coefficient (Wildman–Crippen LogP) is 1.73. The van der Waals surface area contributed by atoms with Crippen molar-refractivity contribution in [3.8, 4) is 0 Å². The number of halogens is 1. The third kappa shape index (κ3) is 4.18. The van der Waals surface area contributed by atoms with Crippen molar-refractivity contribution in [2.75, 3.05) is 50.5 Å². The van der Waals surface area contributed by atoms with Crippen LogP contribution in [0.4, 0.5) is 11.9 Å². The van der Waals surface area contributed by atoms with Gasteiger partial charge in [0.25, 0.3) is 0 Å². The molecule has 0 spiro atoms. The van der Waals surface area contributed by atoms with Crippen LogP contribution in [0.2, 0.25) is 5.28 Å². The molecule has 1 aliphatic rings. The number of hydrogen-bond acceptors (Lipinski definition) is 6. The highest BCUT2D eigenvalue weighted by molar-refractivity contribution is 6.28. The van der Waals surface area contributed by atoms with Crippen molar-refractivity contribution in [1.29, 1.82) is 0 Å². The molecular weight excluding hydrogens is 276 g/mol. The minimum absolute atomic E-state index is 0.251. The number of nitrogens with zero attached hydrogens (tertiary/aromatic N) is 5. The lowest BCUT2D eigenvalue weighted by Crippen LogP contribution is -2.38. The van der Waals surface area contributed by atoms with Gasteiger partial charge in [-0.1, -0.05) is 0 Å². The Bertz CT molecular complexity index is 431. The Kier molecular flexibility index (Phi) is 5.37. The summed E-state index contributed by atoms with van der Waals surface area (Å²) in [4.78, 5) is 17.2. The van der Waals surface area contributed by atoms with Crippen LogP contribution < -0.4 is 10.2 Å². The zero-order chi connectivity index (χ0) is 14.5. The van der Waals surface area contributed by atoms with Crippen molar-refractivity contribution in [1.82, 2.24) is 19.9 Å². The van der Waals surface area contributed by atoms with E-state index in [9.17, 15) is 0 Å². The lowest BCUT2D eigenvalue weighted by molar-refractivity contribution is 0.284. The van der Waals surface area contributed by atoms with Gasteiger partial charge in [0.1, 0.15) is 0 Å². The van der Waals surface area contributed by atoms with E-state index >= 15 is 0 Å². The van der Waals surface area contributed by atoms with Gasteiger partial charge in [-0.3, -0.25) is 0 Å². The van der Waals surface area contributed by atoms with Crippen molar-refractivity contribution >= 4 is 23.5 Å². The fraction of sp³-hybridized carbons (Fsp3) is 0.769. The largest absolute Gasteiger partial charge is 0.354 e. The van der Waals surface area contributed by atoms with Gasteiger partial charge in [-0.15, -0.1) is 0 Å². The van der Waals surface area contributed by atoms with Crippen LogP contribution in [-0.2, 0) is 0 Å². The van der Waals surface area contributed by atoms with Gasteiger partial charge >= 0.3 is 0 Å². The second-order valence-electron chi connectivity index (χ2n) is 5.45. The molecule has 1 N–H and O–H groups in total. The van der Waals surface area contributed by atoms with Crippen molar-refractivity contribution in [3.63, 3.8) is 0 Å². The van der Waals surface area contributed by atoms with Gasteiger partial charge in [-0.2, -0.15) is 15.0 Å². The number of piperidine rings is 1. The summed E-state index contributed by atoms with van der Waals surface area (Å²) in [6.45, 7) is 5.87. The van der Waals surface area contributed by atoms with Crippen molar-refractivity contribution in [2.24, 2.45) is 5.92 Å². The second kappa shape index (κ2) is 7.04. The highest BCUT2D eigenvalue weighted by atomic mass is 35.5. The number of hydrogen-bond donors (Lipinski definition) is 1. The molecule has 0 amide bonds. The summed E-state index contributed by atoms with van der Waals surface area (Å²) in [5.74, 6) is 1.99. The lowest BCUT2D eigenvalue weighted by Gasteiger charge is -2.33.